The third-order valence-corrected chi connectivity index (χ3v) is 2.98. The Morgan fingerprint density at radius 1 is 1.00 bits per heavy atom. The molecule has 0 aliphatic heterocycles. The van der Waals surface area contributed by atoms with Crippen LogP contribution >= 0.6 is 0 Å². The number of ether oxygens (including phenoxy) is 1. The maximum absolute atomic E-state index is 12.7. The molecule has 0 aliphatic carbocycles. The van der Waals surface area contributed by atoms with Crippen molar-refractivity contribution in [1.29, 1.82) is 0 Å². The van der Waals surface area contributed by atoms with Gasteiger partial charge in [-0.2, -0.15) is 0 Å². The van der Waals surface area contributed by atoms with Gasteiger partial charge in [0.2, 0.25) is 0 Å². The molecule has 2 aromatic carbocycles. The lowest BCUT2D eigenvalue weighted by atomic mass is 9.99. The van der Waals surface area contributed by atoms with E-state index in [4.69, 9.17) is 4.74 Å². The smallest absolute Gasteiger partial charge is 0.196 e. The number of hydrogen-bond acceptors (Lipinski definition) is 2. The maximum atomic E-state index is 12.7. The molecule has 0 atom stereocenters. The third kappa shape index (κ3) is 3.27. The van der Waals surface area contributed by atoms with Gasteiger partial charge in [-0.25, -0.2) is 0 Å². The van der Waals surface area contributed by atoms with Crippen molar-refractivity contribution in [1.82, 2.24) is 0 Å². The normalized spacial score (nSPS) is 10.7. The summed E-state index contributed by atoms with van der Waals surface area (Å²) in [6.07, 6.45) is 0.0446. The molecule has 104 valence electrons. The highest BCUT2D eigenvalue weighted by Crippen LogP contribution is 2.23. The highest BCUT2D eigenvalue weighted by Gasteiger charge is 2.15. The number of aryl methyl sites for hydroxylation is 2. The summed E-state index contributed by atoms with van der Waals surface area (Å²) in [6, 6.07) is 13.3. The predicted octanol–water partition coefficient (Wildman–Crippen LogP) is 4.32. The second kappa shape index (κ2) is 5.91. The van der Waals surface area contributed by atoms with Crippen molar-refractivity contribution >= 4 is 5.78 Å². The van der Waals surface area contributed by atoms with E-state index >= 15 is 0 Å². The van der Waals surface area contributed by atoms with Crippen LogP contribution < -0.4 is 4.74 Å². The molecule has 0 amide bonds. The minimum atomic E-state index is 0.00745. The van der Waals surface area contributed by atoms with E-state index in [1.165, 1.54) is 0 Å². The minimum absolute atomic E-state index is 0.00745. The average molecular weight is 268 g/mol. The summed E-state index contributed by atoms with van der Waals surface area (Å²) in [5.74, 6) is 0.653. The van der Waals surface area contributed by atoms with Gasteiger partial charge in [0, 0.05) is 5.56 Å². The molecular formula is C18H20O2. The summed E-state index contributed by atoms with van der Waals surface area (Å²) in [5.41, 5.74) is 3.51. The van der Waals surface area contributed by atoms with Crippen LogP contribution in [0.2, 0.25) is 0 Å². The van der Waals surface area contributed by atoms with Gasteiger partial charge in [0.1, 0.15) is 5.75 Å². The fourth-order valence-corrected chi connectivity index (χ4v) is 2.27. The van der Waals surface area contributed by atoms with Crippen LogP contribution in [0, 0.1) is 13.8 Å². The number of hydrogen-bond donors (Lipinski definition) is 0. The molecule has 0 heterocycles. The highest BCUT2D eigenvalue weighted by atomic mass is 16.5. The van der Waals surface area contributed by atoms with Crippen LogP contribution in [0.3, 0.4) is 0 Å². The third-order valence-electron chi connectivity index (χ3n) is 2.98. The van der Waals surface area contributed by atoms with Gasteiger partial charge < -0.3 is 4.74 Å². The molecule has 2 heteroatoms. The molecular weight excluding hydrogens is 248 g/mol. The fraction of sp³-hybridized carbons (Fsp3) is 0.278. The number of ketones is 1. The van der Waals surface area contributed by atoms with Gasteiger partial charge in [0.25, 0.3) is 0 Å². The van der Waals surface area contributed by atoms with E-state index in [1.54, 1.807) is 0 Å². The Morgan fingerprint density at radius 3 is 2.20 bits per heavy atom. The Morgan fingerprint density at radius 2 is 1.60 bits per heavy atom. The van der Waals surface area contributed by atoms with Gasteiger partial charge in [-0.1, -0.05) is 29.3 Å². The summed E-state index contributed by atoms with van der Waals surface area (Å²) in [4.78, 5) is 12.7. The van der Waals surface area contributed by atoms with Gasteiger partial charge >= 0.3 is 0 Å². The molecule has 0 fully saturated rings. The summed E-state index contributed by atoms with van der Waals surface area (Å²) in [7, 11) is 0. The molecule has 0 N–H and O–H groups in total. The van der Waals surface area contributed by atoms with Crippen molar-refractivity contribution in [2.45, 2.75) is 33.8 Å². The molecule has 0 saturated heterocycles. The lowest BCUT2D eigenvalue weighted by molar-refractivity contribution is 0.103. The molecule has 0 aliphatic rings. The second-order valence-corrected chi connectivity index (χ2v) is 5.37. The monoisotopic (exact) mass is 268 g/mol. The molecule has 0 aromatic heterocycles. The minimum Gasteiger partial charge on any atom is -0.490 e. The standard InChI is InChI=1S/C18H20O2/c1-12(2)20-17-8-6-5-7-16(17)18(19)15-10-13(3)9-14(4)11-15/h5-12H,1-4H3. The molecule has 0 spiro atoms. The Labute approximate surface area is 120 Å². The molecule has 0 bridgehead atoms. The first-order valence-corrected chi connectivity index (χ1v) is 6.86. The maximum Gasteiger partial charge on any atom is 0.196 e. The first-order valence-electron chi connectivity index (χ1n) is 6.86. The Hall–Kier alpha value is -2.09. The van der Waals surface area contributed by atoms with Crippen LogP contribution in [-0.2, 0) is 0 Å². The van der Waals surface area contributed by atoms with E-state index in [2.05, 4.69) is 6.07 Å². The van der Waals surface area contributed by atoms with E-state index in [9.17, 15) is 4.79 Å². The Kier molecular flexibility index (Phi) is 4.23. The van der Waals surface area contributed by atoms with Crippen molar-refractivity contribution in [2.24, 2.45) is 0 Å². The quantitative estimate of drug-likeness (QED) is 0.772. The number of benzene rings is 2. The number of rotatable bonds is 4. The predicted molar refractivity (Wildman–Crippen MR) is 81.6 cm³/mol. The molecule has 0 saturated carbocycles. The van der Waals surface area contributed by atoms with Crippen molar-refractivity contribution in [3.63, 3.8) is 0 Å². The molecule has 20 heavy (non-hydrogen) atoms. The SMILES string of the molecule is Cc1cc(C)cc(C(=O)c2ccccc2OC(C)C)c1. The van der Waals surface area contributed by atoms with Gasteiger partial charge in [0.05, 0.1) is 11.7 Å². The zero-order valence-electron chi connectivity index (χ0n) is 12.4. The van der Waals surface area contributed by atoms with Crippen molar-refractivity contribution in [2.75, 3.05) is 0 Å². The Bertz CT molecular complexity index is 607. The second-order valence-electron chi connectivity index (χ2n) is 5.37. The van der Waals surface area contributed by atoms with Crippen molar-refractivity contribution < 1.29 is 9.53 Å². The molecule has 2 nitrogen and oxygen atoms in total. The van der Waals surface area contributed by atoms with Gasteiger partial charge in [-0.3, -0.25) is 4.79 Å². The molecule has 0 radical (unpaired) electrons. The van der Waals surface area contributed by atoms with Crippen LogP contribution in [0.1, 0.15) is 40.9 Å². The largest absolute Gasteiger partial charge is 0.490 e. The van der Waals surface area contributed by atoms with Crippen molar-refractivity contribution in [3.05, 3.63) is 64.7 Å². The van der Waals surface area contributed by atoms with Gasteiger partial charge in [-0.15, -0.1) is 0 Å². The molecule has 2 rings (SSSR count). The first kappa shape index (κ1) is 14.3. The summed E-state index contributed by atoms with van der Waals surface area (Å²) in [5, 5.41) is 0. The van der Waals surface area contributed by atoms with Crippen LogP contribution in [-0.4, -0.2) is 11.9 Å². The van der Waals surface area contributed by atoms with E-state index < -0.39 is 0 Å². The number of carbonyl (C=O) groups is 1. The van der Waals surface area contributed by atoms with Gasteiger partial charge in [0.15, 0.2) is 5.78 Å². The fourth-order valence-electron chi connectivity index (χ4n) is 2.27. The van der Waals surface area contributed by atoms with Crippen LogP contribution in [0.4, 0.5) is 0 Å². The summed E-state index contributed by atoms with van der Waals surface area (Å²) in [6.45, 7) is 7.91. The highest BCUT2D eigenvalue weighted by molar-refractivity contribution is 6.10. The molecule has 2 aromatic rings. The van der Waals surface area contributed by atoms with Crippen LogP contribution in [0.25, 0.3) is 0 Å². The van der Waals surface area contributed by atoms with E-state index in [1.807, 2.05) is 64.1 Å². The lowest BCUT2D eigenvalue weighted by Gasteiger charge is -2.14. The van der Waals surface area contributed by atoms with E-state index in [0.29, 0.717) is 16.9 Å². The first-order chi connectivity index (χ1) is 9.47. The van der Waals surface area contributed by atoms with E-state index in [-0.39, 0.29) is 11.9 Å². The zero-order valence-corrected chi connectivity index (χ0v) is 12.4. The Balaban J connectivity index is 2.42. The lowest BCUT2D eigenvalue weighted by Crippen LogP contribution is -2.11. The van der Waals surface area contributed by atoms with Gasteiger partial charge in [-0.05, 0) is 52.0 Å². The van der Waals surface area contributed by atoms with E-state index in [0.717, 1.165) is 11.1 Å². The summed E-state index contributed by atoms with van der Waals surface area (Å²) >= 11 is 0. The summed E-state index contributed by atoms with van der Waals surface area (Å²) < 4.78 is 5.73. The molecule has 0 unspecified atom stereocenters. The number of carbonyl (C=O) groups excluding carboxylic acids is 1. The zero-order chi connectivity index (χ0) is 14.7. The van der Waals surface area contributed by atoms with Crippen molar-refractivity contribution in [3.8, 4) is 5.75 Å². The average Bonchev–Trinajstić information content (AvgIpc) is 2.36. The topological polar surface area (TPSA) is 26.3 Å². The van der Waals surface area contributed by atoms with Crippen LogP contribution in [0.15, 0.2) is 42.5 Å². The van der Waals surface area contributed by atoms with Crippen LogP contribution in [0.5, 0.6) is 5.75 Å². The number of para-hydroxylation sites is 1.